The third-order valence-corrected chi connectivity index (χ3v) is 4.55. The molecule has 2 atom stereocenters. The summed E-state index contributed by atoms with van der Waals surface area (Å²) in [6.07, 6.45) is 2.50. The van der Waals surface area contributed by atoms with Crippen LogP contribution in [0.25, 0.3) is 10.8 Å². The van der Waals surface area contributed by atoms with E-state index in [1.54, 1.807) is 0 Å². The Hall–Kier alpha value is -1.91. The number of rotatable bonds is 6. The van der Waals surface area contributed by atoms with Crippen molar-refractivity contribution < 1.29 is 9.53 Å². The molecule has 0 saturated carbocycles. The number of carbonyl (C=O) groups is 1. The number of nitrogens with two attached hydrogens (primary N) is 1. The highest BCUT2D eigenvalue weighted by atomic mass is 16.5. The van der Waals surface area contributed by atoms with Gasteiger partial charge in [0.1, 0.15) is 0 Å². The highest BCUT2D eigenvalue weighted by Gasteiger charge is 2.18. The average molecular weight is 312 g/mol. The van der Waals surface area contributed by atoms with Gasteiger partial charge >= 0.3 is 0 Å². The van der Waals surface area contributed by atoms with Crippen LogP contribution in [-0.2, 0) is 9.53 Å². The van der Waals surface area contributed by atoms with Crippen molar-refractivity contribution >= 4 is 16.7 Å². The largest absolute Gasteiger partial charge is 0.381 e. The predicted molar refractivity (Wildman–Crippen MR) is 92.0 cm³/mol. The number of hydrogen-bond donors (Lipinski definition) is 2. The van der Waals surface area contributed by atoms with Crippen LogP contribution in [0.5, 0.6) is 0 Å². The van der Waals surface area contributed by atoms with E-state index in [0.29, 0.717) is 18.9 Å². The summed E-state index contributed by atoms with van der Waals surface area (Å²) < 4.78 is 5.35. The number of carbonyl (C=O) groups excluding carboxylic acids is 1. The van der Waals surface area contributed by atoms with Gasteiger partial charge in [-0.05, 0) is 41.2 Å². The molecule has 0 aromatic heterocycles. The van der Waals surface area contributed by atoms with Crippen molar-refractivity contribution in [1.29, 1.82) is 0 Å². The Morgan fingerprint density at radius 1 is 1.26 bits per heavy atom. The van der Waals surface area contributed by atoms with E-state index in [9.17, 15) is 4.79 Å². The third kappa shape index (κ3) is 4.09. The van der Waals surface area contributed by atoms with E-state index in [4.69, 9.17) is 10.5 Å². The van der Waals surface area contributed by atoms with Gasteiger partial charge in [-0.15, -0.1) is 0 Å². The number of benzene rings is 2. The number of fused-ring (bicyclic) bond motifs is 1. The molecule has 4 nitrogen and oxygen atoms in total. The lowest BCUT2D eigenvalue weighted by Gasteiger charge is -2.18. The van der Waals surface area contributed by atoms with E-state index in [2.05, 4.69) is 29.6 Å². The molecule has 2 aromatic rings. The Balaban J connectivity index is 1.62. The first kappa shape index (κ1) is 16.0. The minimum atomic E-state index is -0.132. The SMILES string of the molecule is NCC(NC(=O)CCC1CCOC1)c1ccc2ccccc2c1. The van der Waals surface area contributed by atoms with Crippen LogP contribution in [0.15, 0.2) is 42.5 Å². The number of amides is 1. The molecule has 1 aliphatic rings. The molecule has 2 unspecified atom stereocenters. The lowest BCUT2D eigenvalue weighted by molar-refractivity contribution is -0.122. The lowest BCUT2D eigenvalue weighted by atomic mass is 10.0. The molecule has 1 saturated heterocycles. The number of ether oxygens (including phenoxy) is 1. The first-order valence-corrected chi connectivity index (χ1v) is 8.32. The summed E-state index contributed by atoms with van der Waals surface area (Å²) in [6.45, 7) is 2.02. The van der Waals surface area contributed by atoms with E-state index in [0.717, 1.165) is 31.6 Å². The second-order valence-corrected chi connectivity index (χ2v) is 6.23. The highest BCUT2D eigenvalue weighted by molar-refractivity contribution is 5.83. The van der Waals surface area contributed by atoms with Crippen molar-refractivity contribution in [3.8, 4) is 0 Å². The van der Waals surface area contributed by atoms with E-state index in [-0.39, 0.29) is 11.9 Å². The number of nitrogens with one attached hydrogen (secondary N) is 1. The Kier molecular flexibility index (Phi) is 5.26. The zero-order valence-corrected chi connectivity index (χ0v) is 13.3. The second-order valence-electron chi connectivity index (χ2n) is 6.23. The van der Waals surface area contributed by atoms with E-state index in [1.165, 1.54) is 10.8 Å². The van der Waals surface area contributed by atoms with Crippen molar-refractivity contribution in [3.05, 3.63) is 48.0 Å². The summed E-state index contributed by atoms with van der Waals surface area (Å²) in [5.41, 5.74) is 6.94. The maximum absolute atomic E-state index is 12.2. The van der Waals surface area contributed by atoms with Gasteiger partial charge in [0.25, 0.3) is 0 Å². The standard InChI is InChI=1S/C19H24N2O2/c20-12-18(21-19(22)8-5-14-9-10-23-13-14)17-7-6-15-3-1-2-4-16(15)11-17/h1-4,6-7,11,14,18H,5,8-10,12-13,20H2,(H,21,22). The molecule has 0 aliphatic carbocycles. The second kappa shape index (κ2) is 7.57. The molecular weight excluding hydrogens is 288 g/mol. The van der Waals surface area contributed by atoms with Gasteiger partial charge in [-0.25, -0.2) is 0 Å². The summed E-state index contributed by atoms with van der Waals surface area (Å²) in [7, 11) is 0. The maximum atomic E-state index is 12.2. The minimum absolute atomic E-state index is 0.0699. The molecule has 0 spiro atoms. The van der Waals surface area contributed by atoms with Gasteiger partial charge in [0.15, 0.2) is 0 Å². The molecule has 1 amide bonds. The fourth-order valence-corrected chi connectivity index (χ4v) is 3.12. The summed E-state index contributed by atoms with van der Waals surface area (Å²) in [4.78, 5) is 12.2. The zero-order valence-electron chi connectivity index (χ0n) is 13.3. The fourth-order valence-electron chi connectivity index (χ4n) is 3.12. The first-order valence-electron chi connectivity index (χ1n) is 8.32. The summed E-state index contributed by atoms with van der Waals surface area (Å²) in [6, 6.07) is 14.3. The Bertz CT molecular complexity index is 665. The molecule has 0 radical (unpaired) electrons. The van der Waals surface area contributed by atoms with Gasteiger partial charge in [-0.3, -0.25) is 4.79 Å². The normalized spacial score (nSPS) is 18.9. The summed E-state index contributed by atoms with van der Waals surface area (Å²) in [5, 5.41) is 5.43. The number of hydrogen-bond acceptors (Lipinski definition) is 3. The molecular formula is C19H24N2O2. The molecule has 1 heterocycles. The van der Waals surface area contributed by atoms with Crippen LogP contribution >= 0.6 is 0 Å². The summed E-state index contributed by atoms with van der Waals surface area (Å²) in [5.74, 6) is 0.596. The Labute approximate surface area is 137 Å². The van der Waals surface area contributed by atoms with E-state index in [1.807, 2.05) is 18.2 Å². The van der Waals surface area contributed by atoms with E-state index >= 15 is 0 Å². The van der Waals surface area contributed by atoms with Crippen molar-refractivity contribution in [2.24, 2.45) is 11.7 Å². The Morgan fingerprint density at radius 2 is 2.09 bits per heavy atom. The molecule has 3 rings (SSSR count). The smallest absolute Gasteiger partial charge is 0.220 e. The van der Waals surface area contributed by atoms with Crippen molar-refractivity contribution in [2.75, 3.05) is 19.8 Å². The summed E-state index contributed by atoms with van der Waals surface area (Å²) >= 11 is 0. The minimum Gasteiger partial charge on any atom is -0.381 e. The first-order chi connectivity index (χ1) is 11.3. The van der Waals surface area contributed by atoms with Gasteiger partial charge < -0.3 is 15.8 Å². The van der Waals surface area contributed by atoms with Crippen LogP contribution < -0.4 is 11.1 Å². The quantitative estimate of drug-likeness (QED) is 0.862. The molecule has 23 heavy (non-hydrogen) atoms. The Morgan fingerprint density at radius 3 is 2.83 bits per heavy atom. The van der Waals surface area contributed by atoms with Crippen LogP contribution in [0.4, 0.5) is 0 Å². The fraction of sp³-hybridized carbons (Fsp3) is 0.421. The molecule has 0 bridgehead atoms. The van der Waals surface area contributed by atoms with Crippen molar-refractivity contribution in [1.82, 2.24) is 5.32 Å². The van der Waals surface area contributed by atoms with Gasteiger partial charge in [0.2, 0.25) is 5.91 Å². The highest BCUT2D eigenvalue weighted by Crippen LogP contribution is 2.21. The van der Waals surface area contributed by atoms with Crippen LogP contribution in [0.3, 0.4) is 0 Å². The van der Waals surface area contributed by atoms with Gasteiger partial charge in [0, 0.05) is 26.2 Å². The lowest BCUT2D eigenvalue weighted by Crippen LogP contribution is -2.33. The molecule has 3 N–H and O–H groups in total. The van der Waals surface area contributed by atoms with Crippen LogP contribution in [0, 0.1) is 5.92 Å². The molecule has 2 aromatic carbocycles. The van der Waals surface area contributed by atoms with Crippen LogP contribution in [0.2, 0.25) is 0 Å². The van der Waals surface area contributed by atoms with Crippen LogP contribution in [0.1, 0.15) is 30.9 Å². The molecule has 1 fully saturated rings. The predicted octanol–water partition coefficient (Wildman–Crippen LogP) is 2.77. The monoisotopic (exact) mass is 312 g/mol. The van der Waals surface area contributed by atoms with Crippen LogP contribution in [-0.4, -0.2) is 25.7 Å². The van der Waals surface area contributed by atoms with Gasteiger partial charge in [-0.2, -0.15) is 0 Å². The molecule has 1 aliphatic heterocycles. The third-order valence-electron chi connectivity index (χ3n) is 4.55. The van der Waals surface area contributed by atoms with E-state index < -0.39 is 0 Å². The molecule has 122 valence electrons. The van der Waals surface area contributed by atoms with Crippen molar-refractivity contribution in [2.45, 2.75) is 25.3 Å². The van der Waals surface area contributed by atoms with Gasteiger partial charge in [-0.1, -0.05) is 36.4 Å². The van der Waals surface area contributed by atoms with Gasteiger partial charge in [0.05, 0.1) is 6.04 Å². The van der Waals surface area contributed by atoms with Crippen molar-refractivity contribution in [3.63, 3.8) is 0 Å². The molecule has 4 heteroatoms. The zero-order chi connectivity index (χ0) is 16.1. The maximum Gasteiger partial charge on any atom is 0.220 e. The average Bonchev–Trinajstić information content (AvgIpc) is 3.11. The topological polar surface area (TPSA) is 64.3 Å².